The summed E-state index contributed by atoms with van der Waals surface area (Å²) in [6.45, 7) is 4.73. The molecule has 4 atom stereocenters. The van der Waals surface area contributed by atoms with Crippen LogP contribution in [0, 0.1) is 5.92 Å². The Labute approximate surface area is 121 Å². The molecule has 110 valence electrons. The molecule has 0 spiro atoms. The number of aliphatic hydroxyl groups is 1. The van der Waals surface area contributed by atoms with Crippen molar-refractivity contribution in [3.8, 4) is 0 Å². The molecule has 19 heavy (non-hydrogen) atoms. The number of thioether (sulfide) groups is 1. The molecule has 1 aliphatic heterocycles. The molecule has 1 N–H and O–H groups in total. The van der Waals surface area contributed by atoms with Crippen molar-refractivity contribution in [2.75, 3.05) is 12.3 Å². The summed E-state index contributed by atoms with van der Waals surface area (Å²) < 4.78 is 0. The number of likely N-dealkylation sites (tertiary alicyclic amines) is 1. The summed E-state index contributed by atoms with van der Waals surface area (Å²) >= 11 is 1.58. The van der Waals surface area contributed by atoms with Gasteiger partial charge >= 0.3 is 0 Å². The van der Waals surface area contributed by atoms with Crippen LogP contribution in [0.5, 0.6) is 0 Å². The maximum Gasteiger partial charge on any atom is 0.232 e. The van der Waals surface area contributed by atoms with Gasteiger partial charge < -0.3 is 10.0 Å². The van der Waals surface area contributed by atoms with Gasteiger partial charge in [0.05, 0.1) is 11.9 Å². The molecule has 1 saturated heterocycles. The molecule has 4 unspecified atom stereocenters. The number of piperidine rings is 1. The van der Waals surface area contributed by atoms with Gasteiger partial charge in [0.15, 0.2) is 0 Å². The Balaban J connectivity index is 1.86. The monoisotopic (exact) mass is 285 g/mol. The fourth-order valence-electron chi connectivity index (χ4n) is 3.36. The highest BCUT2D eigenvalue weighted by atomic mass is 32.2. The Morgan fingerprint density at radius 1 is 1.26 bits per heavy atom. The number of rotatable bonds is 4. The van der Waals surface area contributed by atoms with Crippen LogP contribution in [-0.2, 0) is 4.79 Å². The molecule has 0 radical (unpaired) electrons. The number of amides is 1. The number of hydrogen-bond acceptors (Lipinski definition) is 3. The van der Waals surface area contributed by atoms with E-state index in [0.29, 0.717) is 11.8 Å². The van der Waals surface area contributed by atoms with Gasteiger partial charge in [-0.1, -0.05) is 19.8 Å². The quantitative estimate of drug-likeness (QED) is 0.863. The minimum Gasteiger partial charge on any atom is -0.392 e. The third-order valence-electron chi connectivity index (χ3n) is 4.71. The third kappa shape index (κ3) is 3.88. The average molecular weight is 285 g/mol. The van der Waals surface area contributed by atoms with E-state index >= 15 is 0 Å². The van der Waals surface area contributed by atoms with E-state index < -0.39 is 0 Å². The summed E-state index contributed by atoms with van der Waals surface area (Å²) in [5.41, 5.74) is 0. The summed E-state index contributed by atoms with van der Waals surface area (Å²) in [5.74, 6) is 1.56. The molecule has 2 rings (SSSR count). The Morgan fingerprint density at radius 3 is 2.68 bits per heavy atom. The first kappa shape index (κ1) is 15.2. The van der Waals surface area contributed by atoms with E-state index in [1.807, 2.05) is 6.92 Å². The van der Waals surface area contributed by atoms with E-state index in [4.69, 9.17) is 0 Å². The van der Waals surface area contributed by atoms with Crippen molar-refractivity contribution in [1.82, 2.24) is 4.90 Å². The molecular weight excluding hydrogens is 258 g/mol. The lowest BCUT2D eigenvalue weighted by atomic mass is 9.78. The number of hydrogen-bond donors (Lipinski definition) is 1. The number of fused-ring (bicyclic) bond motifs is 1. The van der Waals surface area contributed by atoms with Gasteiger partial charge in [0.1, 0.15) is 0 Å². The van der Waals surface area contributed by atoms with Crippen LogP contribution in [0.4, 0.5) is 0 Å². The molecule has 0 aromatic rings. The van der Waals surface area contributed by atoms with Crippen LogP contribution in [-0.4, -0.2) is 45.6 Å². The lowest BCUT2D eigenvalue weighted by Crippen LogP contribution is -2.50. The van der Waals surface area contributed by atoms with Crippen LogP contribution in [0.3, 0.4) is 0 Å². The van der Waals surface area contributed by atoms with Crippen molar-refractivity contribution in [1.29, 1.82) is 0 Å². The maximum atomic E-state index is 12.4. The van der Waals surface area contributed by atoms with E-state index in [0.717, 1.165) is 12.5 Å². The third-order valence-corrected chi connectivity index (χ3v) is 6.05. The summed E-state index contributed by atoms with van der Waals surface area (Å²) in [7, 11) is 0. The lowest BCUT2D eigenvalue weighted by molar-refractivity contribution is -0.134. The molecule has 1 heterocycles. The predicted octanol–water partition coefficient (Wildman–Crippen LogP) is 2.67. The minimum atomic E-state index is -0.346. The first-order valence-corrected chi connectivity index (χ1v) is 8.73. The molecular formula is C15H27NO2S. The van der Waals surface area contributed by atoms with Gasteiger partial charge in [-0.2, -0.15) is 0 Å². The second-order valence-electron chi connectivity index (χ2n) is 6.10. The zero-order chi connectivity index (χ0) is 13.8. The number of aliphatic hydroxyl groups excluding tert-OH is 1. The maximum absolute atomic E-state index is 12.4. The second kappa shape index (κ2) is 6.98. The summed E-state index contributed by atoms with van der Waals surface area (Å²) in [4.78, 5) is 14.6. The van der Waals surface area contributed by atoms with Crippen LogP contribution in [0.1, 0.15) is 52.4 Å². The molecule has 1 aliphatic carbocycles. The standard InChI is InChI=1S/C15H27NO2S/c1-11(17)12(2)19-10-15(18)16-9-5-7-13-6-3-4-8-14(13)16/h11-14,17H,3-10H2,1-2H3. The van der Waals surface area contributed by atoms with Crippen LogP contribution < -0.4 is 0 Å². The minimum absolute atomic E-state index is 0.135. The molecule has 3 nitrogen and oxygen atoms in total. The van der Waals surface area contributed by atoms with E-state index in [1.165, 1.54) is 38.5 Å². The zero-order valence-electron chi connectivity index (χ0n) is 12.2. The van der Waals surface area contributed by atoms with Crippen molar-refractivity contribution < 1.29 is 9.90 Å². The molecule has 0 aromatic heterocycles. The molecule has 1 saturated carbocycles. The van der Waals surface area contributed by atoms with Crippen molar-refractivity contribution in [2.24, 2.45) is 5.92 Å². The SMILES string of the molecule is CC(O)C(C)SCC(=O)N1CCCC2CCCCC21. The Morgan fingerprint density at radius 2 is 1.95 bits per heavy atom. The number of carbonyl (C=O) groups excluding carboxylic acids is 1. The van der Waals surface area contributed by atoms with Crippen LogP contribution in [0.25, 0.3) is 0 Å². The van der Waals surface area contributed by atoms with Crippen LogP contribution in [0.15, 0.2) is 0 Å². The predicted molar refractivity (Wildman–Crippen MR) is 80.3 cm³/mol. The first-order chi connectivity index (χ1) is 9.09. The highest BCUT2D eigenvalue weighted by Crippen LogP contribution is 2.35. The molecule has 0 aromatic carbocycles. The topological polar surface area (TPSA) is 40.5 Å². The normalized spacial score (nSPS) is 30.6. The molecule has 1 amide bonds. The number of carbonyl (C=O) groups is 1. The van der Waals surface area contributed by atoms with Gasteiger partial charge in [0, 0.05) is 17.8 Å². The van der Waals surface area contributed by atoms with Crippen molar-refractivity contribution >= 4 is 17.7 Å². The largest absolute Gasteiger partial charge is 0.392 e. The molecule has 0 bridgehead atoms. The van der Waals surface area contributed by atoms with E-state index in [9.17, 15) is 9.90 Å². The van der Waals surface area contributed by atoms with E-state index in [2.05, 4.69) is 4.90 Å². The fraction of sp³-hybridized carbons (Fsp3) is 0.933. The smallest absolute Gasteiger partial charge is 0.232 e. The van der Waals surface area contributed by atoms with Crippen LogP contribution >= 0.6 is 11.8 Å². The van der Waals surface area contributed by atoms with E-state index in [-0.39, 0.29) is 17.3 Å². The van der Waals surface area contributed by atoms with Gasteiger partial charge in [0.2, 0.25) is 5.91 Å². The molecule has 4 heteroatoms. The van der Waals surface area contributed by atoms with Gasteiger partial charge in [-0.3, -0.25) is 4.79 Å². The van der Waals surface area contributed by atoms with Gasteiger partial charge in [-0.05, 0) is 38.5 Å². The van der Waals surface area contributed by atoms with Crippen molar-refractivity contribution in [3.05, 3.63) is 0 Å². The number of nitrogens with zero attached hydrogens (tertiary/aromatic N) is 1. The fourth-order valence-corrected chi connectivity index (χ4v) is 4.21. The Kier molecular flexibility index (Phi) is 5.58. The van der Waals surface area contributed by atoms with Crippen molar-refractivity contribution in [2.45, 2.75) is 69.8 Å². The highest BCUT2D eigenvalue weighted by Gasteiger charge is 2.35. The second-order valence-corrected chi connectivity index (χ2v) is 7.46. The van der Waals surface area contributed by atoms with Gasteiger partial charge in [-0.15, -0.1) is 11.8 Å². The highest BCUT2D eigenvalue weighted by molar-refractivity contribution is 8.00. The van der Waals surface area contributed by atoms with Crippen LogP contribution in [0.2, 0.25) is 0 Å². The lowest BCUT2D eigenvalue weighted by Gasteiger charge is -2.44. The van der Waals surface area contributed by atoms with Gasteiger partial charge in [-0.25, -0.2) is 0 Å². The van der Waals surface area contributed by atoms with E-state index in [1.54, 1.807) is 18.7 Å². The summed E-state index contributed by atoms with van der Waals surface area (Å²) in [6, 6.07) is 0.512. The first-order valence-electron chi connectivity index (χ1n) is 7.68. The molecule has 2 fully saturated rings. The Hall–Kier alpha value is -0.220. The van der Waals surface area contributed by atoms with Crippen molar-refractivity contribution in [3.63, 3.8) is 0 Å². The summed E-state index contributed by atoms with van der Waals surface area (Å²) in [6.07, 6.45) is 7.27. The van der Waals surface area contributed by atoms with Gasteiger partial charge in [0.25, 0.3) is 0 Å². The molecule has 2 aliphatic rings. The Bertz CT molecular complexity index is 307. The summed E-state index contributed by atoms with van der Waals surface area (Å²) in [5, 5.41) is 9.62. The zero-order valence-corrected chi connectivity index (χ0v) is 13.0. The average Bonchev–Trinajstić information content (AvgIpc) is 2.43.